The number of hydrogen-bond donors (Lipinski definition) is 1. The van der Waals surface area contributed by atoms with E-state index in [9.17, 15) is 0 Å². The molecule has 112 valence electrons. The van der Waals surface area contributed by atoms with Crippen LogP contribution in [0.3, 0.4) is 0 Å². The molecule has 2 aromatic rings. The summed E-state index contributed by atoms with van der Waals surface area (Å²) in [6, 6.07) is 7.90. The second-order valence-electron chi connectivity index (χ2n) is 4.77. The molecule has 2 rings (SSSR count). The van der Waals surface area contributed by atoms with Crippen LogP contribution in [0.25, 0.3) is 0 Å². The monoisotopic (exact) mass is 287 g/mol. The molecule has 0 bridgehead atoms. The lowest BCUT2D eigenvalue weighted by atomic mass is 10.2. The van der Waals surface area contributed by atoms with Gasteiger partial charge in [-0.15, -0.1) is 0 Å². The average Bonchev–Trinajstić information content (AvgIpc) is 2.53. The van der Waals surface area contributed by atoms with Gasteiger partial charge >= 0.3 is 0 Å². The van der Waals surface area contributed by atoms with E-state index in [2.05, 4.69) is 15.3 Å². The Hall–Kier alpha value is -2.14. The third-order valence-corrected chi connectivity index (χ3v) is 2.96. The second-order valence-corrected chi connectivity index (χ2v) is 4.77. The maximum atomic E-state index is 5.63. The van der Waals surface area contributed by atoms with Gasteiger partial charge in [-0.25, -0.2) is 9.97 Å². The van der Waals surface area contributed by atoms with Crippen molar-refractivity contribution >= 4 is 5.95 Å². The molecule has 21 heavy (non-hydrogen) atoms. The summed E-state index contributed by atoms with van der Waals surface area (Å²) in [5.74, 6) is 1.52. The van der Waals surface area contributed by atoms with Crippen LogP contribution in [0.5, 0.6) is 5.75 Å². The number of aromatic nitrogens is 2. The smallest absolute Gasteiger partial charge is 0.222 e. The Bertz CT molecular complexity index is 526. The van der Waals surface area contributed by atoms with E-state index in [1.54, 1.807) is 19.5 Å². The number of anilines is 1. The molecule has 5 nitrogen and oxygen atoms in total. The SMILES string of the molecule is COc1ccc(COCCCNc2ncc(C)cn2)cc1. The van der Waals surface area contributed by atoms with E-state index in [0.29, 0.717) is 19.2 Å². The van der Waals surface area contributed by atoms with Gasteiger partial charge in [0.25, 0.3) is 0 Å². The maximum Gasteiger partial charge on any atom is 0.222 e. The first-order valence-corrected chi connectivity index (χ1v) is 7.01. The Kier molecular flexibility index (Phi) is 5.97. The Labute approximate surface area is 125 Å². The van der Waals surface area contributed by atoms with Crippen LogP contribution in [0.4, 0.5) is 5.95 Å². The maximum absolute atomic E-state index is 5.63. The molecule has 0 saturated heterocycles. The molecular formula is C16H21N3O2. The molecule has 0 unspecified atom stereocenters. The molecule has 0 radical (unpaired) electrons. The van der Waals surface area contributed by atoms with Crippen molar-refractivity contribution in [3.05, 3.63) is 47.8 Å². The number of methoxy groups -OCH3 is 1. The zero-order chi connectivity index (χ0) is 14.9. The highest BCUT2D eigenvalue weighted by Crippen LogP contribution is 2.11. The summed E-state index contributed by atoms with van der Waals surface area (Å²) >= 11 is 0. The third kappa shape index (κ3) is 5.39. The molecule has 0 spiro atoms. The van der Waals surface area contributed by atoms with Gasteiger partial charge < -0.3 is 14.8 Å². The molecule has 0 saturated carbocycles. The van der Waals surface area contributed by atoms with E-state index in [1.165, 1.54) is 0 Å². The summed E-state index contributed by atoms with van der Waals surface area (Å²) in [4.78, 5) is 8.37. The summed E-state index contributed by atoms with van der Waals surface area (Å²) in [5.41, 5.74) is 2.20. The predicted octanol–water partition coefficient (Wildman–Crippen LogP) is 2.81. The van der Waals surface area contributed by atoms with Crippen molar-refractivity contribution in [2.24, 2.45) is 0 Å². The van der Waals surface area contributed by atoms with Gasteiger partial charge in [0.15, 0.2) is 0 Å². The van der Waals surface area contributed by atoms with Gasteiger partial charge in [0.1, 0.15) is 5.75 Å². The van der Waals surface area contributed by atoms with Crippen molar-refractivity contribution in [2.75, 3.05) is 25.6 Å². The normalized spacial score (nSPS) is 10.4. The van der Waals surface area contributed by atoms with Crippen LogP contribution < -0.4 is 10.1 Å². The van der Waals surface area contributed by atoms with Gasteiger partial charge in [0.05, 0.1) is 13.7 Å². The molecule has 0 fully saturated rings. The lowest BCUT2D eigenvalue weighted by Crippen LogP contribution is -2.08. The first-order chi connectivity index (χ1) is 10.3. The van der Waals surface area contributed by atoms with E-state index >= 15 is 0 Å². The van der Waals surface area contributed by atoms with Gasteiger partial charge in [-0.2, -0.15) is 0 Å². The minimum atomic E-state index is 0.616. The number of aryl methyl sites for hydroxylation is 1. The third-order valence-electron chi connectivity index (χ3n) is 2.96. The molecule has 0 aliphatic heterocycles. The minimum absolute atomic E-state index is 0.616. The molecule has 1 aromatic heterocycles. The van der Waals surface area contributed by atoms with Crippen molar-refractivity contribution in [3.8, 4) is 5.75 Å². The van der Waals surface area contributed by atoms with Crippen molar-refractivity contribution in [1.29, 1.82) is 0 Å². The van der Waals surface area contributed by atoms with Crippen LogP contribution in [-0.2, 0) is 11.3 Å². The topological polar surface area (TPSA) is 56.3 Å². The van der Waals surface area contributed by atoms with Gasteiger partial charge in [-0.1, -0.05) is 12.1 Å². The Balaban J connectivity index is 1.58. The number of ether oxygens (including phenoxy) is 2. The molecule has 0 atom stereocenters. The van der Waals surface area contributed by atoms with Gasteiger partial charge in [-0.3, -0.25) is 0 Å². The van der Waals surface area contributed by atoms with E-state index < -0.39 is 0 Å². The van der Waals surface area contributed by atoms with Crippen molar-refractivity contribution < 1.29 is 9.47 Å². The first-order valence-electron chi connectivity index (χ1n) is 7.01. The summed E-state index contributed by atoms with van der Waals surface area (Å²) in [5, 5.41) is 3.17. The summed E-state index contributed by atoms with van der Waals surface area (Å²) in [6.45, 7) is 4.08. The van der Waals surface area contributed by atoms with Crippen LogP contribution in [-0.4, -0.2) is 30.2 Å². The number of benzene rings is 1. The Morgan fingerprint density at radius 1 is 1.10 bits per heavy atom. The van der Waals surface area contributed by atoms with Gasteiger partial charge in [0.2, 0.25) is 5.95 Å². The first kappa shape index (κ1) is 15.3. The minimum Gasteiger partial charge on any atom is -0.497 e. The average molecular weight is 287 g/mol. The number of nitrogens with zero attached hydrogens (tertiary/aromatic N) is 2. The van der Waals surface area contributed by atoms with Crippen LogP contribution in [0, 0.1) is 6.92 Å². The van der Waals surface area contributed by atoms with E-state index in [0.717, 1.165) is 29.8 Å². The van der Waals surface area contributed by atoms with Crippen LogP contribution in [0.1, 0.15) is 17.5 Å². The van der Waals surface area contributed by atoms with E-state index in [4.69, 9.17) is 9.47 Å². The second kappa shape index (κ2) is 8.21. The van der Waals surface area contributed by atoms with Crippen LogP contribution in [0.2, 0.25) is 0 Å². The molecule has 0 aliphatic rings. The lowest BCUT2D eigenvalue weighted by molar-refractivity contribution is 0.120. The van der Waals surface area contributed by atoms with Gasteiger partial charge in [-0.05, 0) is 36.6 Å². The summed E-state index contributed by atoms with van der Waals surface area (Å²) < 4.78 is 10.7. The van der Waals surface area contributed by atoms with E-state index in [-0.39, 0.29) is 0 Å². The summed E-state index contributed by atoms with van der Waals surface area (Å²) in [6.07, 6.45) is 4.51. The predicted molar refractivity (Wildman–Crippen MR) is 82.5 cm³/mol. The molecule has 1 heterocycles. The zero-order valence-electron chi connectivity index (χ0n) is 12.5. The van der Waals surface area contributed by atoms with Crippen molar-refractivity contribution in [3.63, 3.8) is 0 Å². The van der Waals surface area contributed by atoms with Crippen molar-refractivity contribution in [1.82, 2.24) is 9.97 Å². The fraction of sp³-hybridized carbons (Fsp3) is 0.375. The van der Waals surface area contributed by atoms with Crippen molar-refractivity contribution in [2.45, 2.75) is 20.0 Å². The molecule has 1 aromatic carbocycles. The highest BCUT2D eigenvalue weighted by molar-refractivity contribution is 5.26. The zero-order valence-corrected chi connectivity index (χ0v) is 12.5. The Morgan fingerprint density at radius 3 is 2.48 bits per heavy atom. The fourth-order valence-corrected chi connectivity index (χ4v) is 1.77. The molecule has 0 aliphatic carbocycles. The number of rotatable bonds is 8. The standard InChI is InChI=1S/C16H21N3O2/c1-13-10-18-16(19-11-13)17-8-3-9-21-12-14-4-6-15(20-2)7-5-14/h4-7,10-11H,3,8-9,12H2,1-2H3,(H,17,18,19). The number of hydrogen-bond acceptors (Lipinski definition) is 5. The summed E-state index contributed by atoms with van der Waals surface area (Å²) in [7, 11) is 1.66. The number of nitrogens with one attached hydrogen (secondary N) is 1. The fourth-order valence-electron chi connectivity index (χ4n) is 1.77. The molecule has 5 heteroatoms. The van der Waals surface area contributed by atoms with E-state index in [1.807, 2.05) is 31.2 Å². The van der Waals surface area contributed by atoms with Gasteiger partial charge in [0, 0.05) is 25.5 Å². The molecule has 0 amide bonds. The van der Waals surface area contributed by atoms with Crippen LogP contribution >= 0.6 is 0 Å². The molecular weight excluding hydrogens is 266 g/mol. The highest BCUT2D eigenvalue weighted by atomic mass is 16.5. The quantitative estimate of drug-likeness (QED) is 0.757. The largest absolute Gasteiger partial charge is 0.497 e. The highest BCUT2D eigenvalue weighted by Gasteiger charge is 1.97. The molecule has 1 N–H and O–H groups in total. The lowest BCUT2D eigenvalue weighted by Gasteiger charge is -2.07. The Morgan fingerprint density at radius 2 is 1.81 bits per heavy atom. The van der Waals surface area contributed by atoms with Crippen LogP contribution in [0.15, 0.2) is 36.7 Å².